The molecule has 2 N–H and O–H groups in total. The number of carbonyl (C=O) groups is 3. The first-order chi connectivity index (χ1) is 18.5. The third-order valence-electron chi connectivity index (χ3n) is 6.39. The fourth-order valence-electron chi connectivity index (χ4n) is 4.33. The van der Waals surface area contributed by atoms with Gasteiger partial charge in [0.15, 0.2) is 11.4 Å². The zero-order valence-electron chi connectivity index (χ0n) is 23.6. The summed E-state index contributed by atoms with van der Waals surface area (Å²) in [5, 5.41) is 5.74. The summed E-state index contributed by atoms with van der Waals surface area (Å²) in [4.78, 5) is 42.7. The lowest BCUT2D eigenvalue weighted by Crippen LogP contribution is -2.49. The molecule has 206 valence electrons. The SMILES string of the molecule is COc1ccnc(C(=O)N[C@@H](C)C(=O)N[C@@H](C)C(c2cccc(C)c2)c2cccc(C)c2)c1OC(=O)C(C)C. The van der Waals surface area contributed by atoms with Crippen LogP contribution in [0.3, 0.4) is 0 Å². The van der Waals surface area contributed by atoms with E-state index in [-0.39, 0.29) is 35.1 Å². The molecular weight excluding hydrogens is 494 g/mol. The molecule has 0 saturated carbocycles. The van der Waals surface area contributed by atoms with Gasteiger partial charge in [-0.1, -0.05) is 73.5 Å². The Balaban J connectivity index is 1.80. The minimum Gasteiger partial charge on any atom is -0.493 e. The highest BCUT2D eigenvalue weighted by Gasteiger charge is 2.28. The standard InChI is InChI=1S/C31H37N3O5/c1-18(2)31(37)39-28-25(38-7)14-15-32-27(28)30(36)34-22(6)29(35)33-21(5)26(23-12-8-10-19(3)16-23)24-13-9-11-20(4)17-24/h8-18,21-22,26H,1-7H3,(H,33,35)(H,34,36)/t21-,22-/m0/s1. The summed E-state index contributed by atoms with van der Waals surface area (Å²) < 4.78 is 10.7. The molecule has 0 fully saturated rings. The first kappa shape index (κ1) is 29.4. The largest absolute Gasteiger partial charge is 0.493 e. The lowest BCUT2D eigenvalue weighted by molar-refractivity contribution is -0.137. The van der Waals surface area contributed by atoms with E-state index >= 15 is 0 Å². The highest BCUT2D eigenvalue weighted by atomic mass is 16.6. The van der Waals surface area contributed by atoms with Gasteiger partial charge >= 0.3 is 5.97 Å². The van der Waals surface area contributed by atoms with E-state index in [1.54, 1.807) is 20.8 Å². The maximum Gasteiger partial charge on any atom is 0.313 e. The molecule has 2 atom stereocenters. The number of hydrogen-bond acceptors (Lipinski definition) is 6. The molecule has 0 aliphatic carbocycles. The van der Waals surface area contributed by atoms with Gasteiger partial charge in [0.25, 0.3) is 5.91 Å². The number of benzene rings is 2. The highest BCUT2D eigenvalue weighted by Crippen LogP contribution is 2.31. The number of methoxy groups -OCH3 is 1. The summed E-state index contributed by atoms with van der Waals surface area (Å²) in [5.41, 5.74) is 4.28. The Morgan fingerprint density at radius 3 is 1.95 bits per heavy atom. The molecular formula is C31H37N3O5. The van der Waals surface area contributed by atoms with Crippen molar-refractivity contribution in [1.29, 1.82) is 0 Å². The summed E-state index contributed by atoms with van der Waals surface area (Å²) >= 11 is 0. The Morgan fingerprint density at radius 1 is 0.846 bits per heavy atom. The van der Waals surface area contributed by atoms with Crippen molar-refractivity contribution in [2.75, 3.05) is 7.11 Å². The minimum absolute atomic E-state index is 0.0869. The Labute approximate surface area is 230 Å². The molecule has 0 bridgehead atoms. The van der Waals surface area contributed by atoms with E-state index in [1.165, 1.54) is 19.4 Å². The molecule has 0 radical (unpaired) electrons. The van der Waals surface area contributed by atoms with Crippen molar-refractivity contribution in [1.82, 2.24) is 15.6 Å². The fourth-order valence-corrected chi connectivity index (χ4v) is 4.33. The van der Waals surface area contributed by atoms with Gasteiger partial charge in [-0.3, -0.25) is 14.4 Å². The fraction of sp³-hybridized carbons (Fsp3) is 0.355. The van der Waals surface area contributed by atoms with Crippen molar-refractivity contribution in [2.45, 2.75) is 59.5 Å². The summed E-state index contributed by atoms with van der Waals surface area (Å²) in [6.45, 7) is 11.0. The molecule has 0 aliphatic rings. The Morgan fingerprint density at radius 2 is 1.44 bits per heavy atom. The molecule has 0 spiro atoms. The van der Waals surface area contributed by atoms with Crippen LogP contribution in [-0.2, 0) is 9.59 Å². The van der Waals surface area contributed by atoms with Crippen LogP contribution in [0.4, 0.5) is 0 Å². The molecule has 3 rings (SSSR count). The van der Waals surface area contributed by atoms with Gasteiger partial charge in [0.1, 0.15) is 6.04 Å². The number of pyridine rings is 1. The summed E-state index contributed by atoms with van der Waals surface area (Å²) in [6.07, 6.45) is 1.38. The van der Waals surface area contributed by atoms with Gasteiger partial charge in [-0.25, -0.2) is 4.98 Å². The van der Waals surface area contributed by atoms with Crippen LogP contribution in [0, 0.1) is 19.8 Å². The van der Waals surface area contributed by atoms with Crippen molar-refractivity contribution in [3.63, 3.8) is 0 Å². The van der Waals surface area contributed by atoms with E-state index in [2.05, 4.69) is 39.9 Å². The predicted octanol–water partition coefficient (Wildman–Crippen LogP) is 4.72. The predicted molar refractivity (Wildman–Crippen MR) is 150 cm³/mol. The van der Waals surface area contributed by atoms with Crippen molar-refractivity contribution in [3.8, 4) is 11.5 Å². The van der Waals surface area contributed by atoms with Crippen molar-refractivity contribution in [3.05, 3.63) is 88.7 Å². The van der Waals surface area contributed by atoms with E-state index < -0.39 is 23.8 Å². The van der Waals surface area contributed by atoms with E-state index in [0.29, 0.717) is 0 Å². The molecule has 2 aromatic carbocycles. The molecule has 1 heterocycles. The average molecular weight is 532 g/mol. The molecule has 8 nitrogen and oxygen atoms in total. The van der Waals surface area contributed by atoms with Crippen molar-refractivity contribution >= 4 is 17.8 Å². The van der Waals surface area contributed by atoms with E-state index in [1.807, 2.05) is 45.0 Å². The van der Waals surface area contributed by atoms with Crippen LogP contribution in [0.25, 0.3) is 0 Å². The normalized spacial score (nSPS) is 12.5. The van der Waals surface area contributed by atoms with Gasteiger partial charge in [0, 0.05) is 24.2 Å². The maximum atomic E-state index is 13.2. The van der Waals surface area contributed by atoms with Crippen LogP contribution in [-0.4, -0.2) is 42.0 Å². The number of aromatic nitrogens is 1. The van der Waals surface area contributed by atoms with Crippen LogP contribution < -0.4 is 20.1 Å². The number of nitrogens with one attached hydrogen (secondary N) is 2. The van der Waals surface area contributed by atoms with Crippen molar-refractivity contribution in [2.24, 2.45) is 5.92 Å². The Bertz CT molecular complexity index is 1290. The van der Waals surface area contributed by atoms with Gasteiger partial charge in [0.05, 0.1) is 13.0 Å². The summed E-state index contributed by atoms with van der Waals surface area (Å²) in [7, 11) is 1.40. The quantitative estimate of drug-likeness (QED) is 0.367. The zero-order valence-corrected chi connectivity index (χ0v) is 23.6. The first-order valence-corrected chi connectivity index (χ1v) is 13.0. The van der Waals surface area contributed by atoms with Crippen molar-refractivity contribution < 1.29 is 23.9 Å². The Hall–Kier alpha value is -4.20. The van der Waals surface area contributed by atoms with Crippen LogP contribution in [0.2, 0.25) is 0 Å². The molecule has 0 aliphatic heterocycles. The van der Waals surface area contributed by atoms with Crippen LogP contribution in [0.1, 0.15) is 66.4 Å². The average Bonchev–Trinajstić information content (AvgIpc) is 2.88. The van der Waals surface area contributed by atoms with E-state index in [9.17, 15) is 14.4 Å². The second-order valence-corrected chi connectivity index (χ2v) is 10.1. The maximum absolute atomic E-state index is 13.2. The number of esters is 1. The zero-order chi connectivity index (χ0) is 28.7. The molecule has 3 aromatic rings. The van der Waals surface area contributed by atoms with Crippen LogP contribution in [0.5, 0.6) is 11.5 Å². The molecule has 0 saturated heterocycles. The Kier molecular flexibility index (Phi) is 9.82. The molecule has 0 unspecified atom stereocenters. The van der Waals surface area contributed by atoms with Crippen LogP contribution >= 0.6 is 0 Å². The molecule has 2 amide bonds. The van der Waals surface area contributed by atoms with E-state index in [4.69, 9.17) is 9.47 Å². The van der Waals surface area contributed by atoms with Gasteiger partial charge in [-0.05, 0) is 38.8 Å². The molecule has 39 heavy (non-hydrogen) atoms. The number of carbonyl (C=O) groups excluding carboxylic acids is 3. The third-order valence-corrected chi connectivity index (χ3v) is 6.39. The number of ether oxygens (including phenoxy) is 2. The lowest BCUT2D eigenvalue weighted by atomic mass is 9.84. The number of hydrogen-bond donors (Lipinski definition) is 2. The van der Waals surface area contributed by atoms with Gasteiger partial charge in [0.2, 0.25) is 11.7 Å². The number of aryl methyl sites for hydroxylation is 2. The van der Waals surface area contributed by atoms with Crippen LogP contribution in [0.15, 0.2) is 60.8 Å². The topological polar surface area (TPSA) is 107 Å². The second kappa shape index (κ2) is 13.0. The summed E-state index contributed by atoms with van der Waals surface area (Å²) in [6, 6.07) is 16.8. The third kappa shape index (κ3) is 7.44. The van der Waals surface area contributed by atoms with Gasteiger partial charge in [-0.2, -0.15) is 0 Å². The number of amides is 2. The summed E-state index contributed by atoms with van der Waals surface area (Å²) in [5.74, 6) is -1.97. The monoisotopic (exact) mass is 531 g/mol. The lowest BCUT2D eigenvalue weighted by Gasteiger charge is -2.28. The number of rotatable bonds is 10. The molecule has 1 aromatic heterocycles. The van der Waals surface area contributed by atoms with Gasteiger partial charge in [-0.15, -0.1) is 0 Å². The highest BCUT2D eigenvalue weighted by molar-refractivity contribution is 5.99. The smallest absolute Gasteiger partial charge is 0.313 e. The first-order valence-electron chi connectivity index (χ1n) is 13.0. The van der Waals surface area contributed by atoms with Gasteiger partial charge < -0.3 is 20.1 Å². The van der Waals surface area contributed by atoms with E-state index in [0.717, 1.165) is 22.3 Å². The second-order valence-electron chi connectivity index (χ2n) is 10.1. The number of nitrogens with zero attached hydrogens (tertiary/aromatic N) is 1. The minimum atomic E-state index is -0.891. The molecule has 8 heteroatoms.